The summed E-state index contributed by atoms with van der Waals surface area (Å²) in [6, 6.07) is 6.56. The molecule has 2 fully saturated rings. The number of hydrogen-bond donors (Lipinski definition) is 1. The number of piperidine rings is 1. The van der Waals surface area contributed by atoms with E-state index in [1.807, 2.05) is 32.9 Å². The van der Waals surface area contributed by atoms with Crippen LogP contribution in [0.15, 0.2) is 30.5 Å². The van der Waals surface area contributed by atoms with Gasteiger partial charge in [0.25, 0.3) is 5.91 Å². The molecule has 1 saturated heterocycles. The van der Waals surface area contributed by atoms with Gasteiger partial charge in [0.2, 0.25) is 5.95 Å². The Morgan fingerprint density at radius 2 is 1.72 bits per heavy atom. The minimum atomic E-state index is -0.774. The molecule has 1 aromatic carbocycles. The molecule has 1 unspecified atom stereocenters. The number of rotatable bonds is 6. The van der Waals surface area contributed by atoms with Crippen molar-refractivity contribution in [3.8, 4) is 5.75 Å². The van der Waals surface area contributed by atoms with E-state index in [1.54, 1.807) is 42.7 Å². The van der Waals surface area contributed by atoms with Crippen molar-refractivity contribution in [3.05, 3.63) is 41.6 Å². The van der Waals surface area contributed by atoms with E-state index in [1.165, 1.54) is 11.1 Å². The van der Waals surface area contributed by atoms with E-state index in [9.17, 15) is 19.5 Å². The third kappa shape index (κ3) is 8.07. The van der Waals surface area contributed by atoms with Gasteiger partial charge in [0, 0.05) is 37.8 Å². The maximum Gasteiger partial charge on any atom is 0.417 e. The average molecular weight is 638 g/mol. The predicted molar refractivity (Wildman–Crippen MR) is 172 cm³/mol. The summed E-state index contributed by atoms with van der Waals surface area (Å²) in [5.74, 6) is 1.03. The molecule has 1 N–H and O–H groups in total. The van der Waals surface area contributed by atoms with Crippen LogP contribution in [0.25, 0.3) is 0 Å². The molecule has 5 rings (SSSR count). The number of aliphatic hydroxyl groups excluding tert-OH is 1. The van der Waals surface area contributed by atoms with Gasteiger partial charge in [-0.25, -0.2) is 19.5 Å². The number of hydrogen-bond acceptors (Lipinski definition) is 9. The van der Waals surface area contributed by atoms with Crippen LogP contribution in [0, 0.1) is 5.92 Å². The Labute approximate surface area is 271 Å². The highest BCUT2D eigenvalue weighted by Crippen LogP contribution is 2.32. The van der Waals surface area contributed by atoms with Crippen molar-refractivity contribution < 1.29 is 33.7 Å². The molecule has 3 amide bonds. The Bertz CT molecular complexity index is 1430. The zero-order valence-electron chi connectivity index (χ0n) is 27.8. The minimum absolute atomic E-state index is 0.0672. The van der Waals surface area contributed by atoms with Crippen LogP contribution in [0.3, 0.4) is 0 Å². The van der Waals surface area contributed by atoms with Crippen LogP contribution in [0.4, 0.5) is 21.4 Å². The Balaban J connectivity index is 1.44. The summed E-state index contributed by atoms with van der Waals surface area (Å²) in [4.78, 5) is 54.3. The molecular formula is C34H47N5O7. The number of carbonyl (C=O) groups is 3. The lowest BCUT2D eigenvalue weighted by Crippen LogP contribution is -2.48. The normalized spacial score (nSPS) is 20.1. The molecule has 2 aliphatic heterocycles. The molecule has 1 aliphatic carbocycles. The van der Waals surface area contributed by atoms with Gasteiger partial charge in [-0.1, -0.05) is 0 Å². The van der Waals surface area contributed by atoms with E-state index in [-0.39, 0.29) is 23.9 Å². The maximum atomic E-state index is 14.3. The summed E-state index contributed by atoms with van der Waals surface area (Å²) in [6.45, 7) is 12.8. The zero-order valence-corrected chi connectivity index (χ0v) is 27.8. The fraction of sp³-hybridized carbons (Fsp3) is 0.618. The minimum Gasteiger partial charge on any atom is -0.493 e. The van der Waals surface area contributed by atoms with Gasteiger partial charge in [-0.15, -0.1) is 0 Å². The first-order chi connectivity index (χ1) is 21.7. The van der Waals surface area contributed by atoms with Gasteiger partial charge in [-0.05, 0) is 109 Å². The zero-order chi connectivity index (χ0) is 33.2. The molecule has 1 aromatic heterocycles. The van der Waals surface area contributed by atoms with E-state index in [4.69, 9.17) is 19.2 Å². The molecule has 0 bridgehead atoms. The van der Waals surface area contributed by atoms with Crippen molar-refractivity contribution in [1.29, 1.82) is 0 Å². The van der Waals surface area contributed by atoms with Crippen molar-refractivity contribution >= 4 is 29.9 Å². The lowest BCUT2D eigenvalue weighted by atomic mass is 9.96. The second-order valence-electron chi connectivity index (χ2n) is 14.4. The highest BCUT2D eigenvalue weighted by atomic mass is 16.6. The molecule has 0 spiro atoms. The topological polar surface area (TPSA) is 135 Å². The number of nitrogens with zero attached hydrogens (tertiary/aromatic N) is 5. The molecule has 2 atom stereocenters. The molecule has 250 valence electrons. The fourth-order valence-corrected chi connectivity index (χ4v) is 6.14. The Morgan fingerprint density at radius 3 is 2.37 bits per heavy atom. The number of benzene rings is 1. The van der Waals surface area contributed by atoms with Crippen molar-refractivity contribution in [2.75, 3.05) is 36.0 Å². The van der Waals surface area contributed by atoms with Crippen LogP contribution in [0.2, 0.25) is 0 Å². The number of aromatic nitrogens is 2. The van der Waals surface area contributed by atoms with Crippen molar-refractivity contribution in [3.63, 3.8) is 0 Å². The van der Waals surface area contributed by atoms with Gasteiger partial charge in [0.15, 0.2) is 0 Å². The number of amides is 3. The van der Waals surface area contributed by atoms with Crippen molar-refractivity contribution in [1.82, 2.24) is 14.9 Å². The van der Waals surface area contributed by atoms with Crippen LogP contribution >= 0.6 is 0 Å². The maximum absolute atomic E-state index is 14.3. The summed E-state index contributed by atoms with van der Waals surface area (Å²) < 4.78 is 16.9. The monoisotopic (exact) mass is 637 g/mol. The first kappa shape index (κ1) is 33.4. The van der Waals surface area contributed by atoms with Crippen LogP contribution < -0.4 is 14.5 Å². The van der Waals surface area contributed by atoms with Gasteiger partial charge in [0.05, 0.1) is 18.8 Å². The van der Waals surface area contributed by atoms with Gasteiger partial charge < -0.3 is 24.2 Å². The molecule has 12 nitrogen and oxygen atoms in total. The first-order valence-electron chi connectivity index (χ1n) is 16.3. The second kappa shape index (κ2) is 13.4. The number of anilines is 2. The Morgan fingerprint density at radius 1 is 1.00 bits per heavy atom. The van der Waals surface area contributed by atoms with E-state index < -0.39 is 29.4 Å². The lowest BCUT2D eigenvalue weighted by molar-refractivity contribution is 0.0185. The van der Waals surface area contributed by atoms with Gasteiger partial charge in [0.1, 0.15) is 22.8 Å². The third-order valence-corrected chi connectivity index (χ3v) is 8.37. The fourth-order valence-electron chi connectivity index (χ4n) is 6.14. The molecule has 1 saturated carbocycles. The highest BCUT2D eigenvalue weighted by Gasteiger charge is 2.39. The summed E-state index contributed by atoms with van der Waals surface area (Å²) >= 11 is 0. The number of carbonyl (C=O) groups excluding carboxylic acids is 3. The first-order valence-corrected chi connectivity index (χ1v) is 16.3. The second-order valence-corrected chi connectivity index (χ2v) is 14.4. The summed E-state index contributed by atoms with van der Waals surface area (Å²) in [5.41, 5.74) is 0.131. The third-order valence-electron chi connectivity index (χ3n) is 8.37. The van der Waals surface area contributed by atoms with Crippen LogP contribution in [-0.4, -0.2) is 87.7 Å². The smallest absolute Gasteiger partial charge is 0.417 e. The van der Waals surface area contributed by atoms with E-state index in [0.29, 0.717) is 63.3 Å². The molecular weight excluding hydrogens is 590 g/mol. The van der Waals surface area contributed by atoms with E-state index >= 15 is 0 Å². The molecule has 3 heterocycles. The molecule has 2 aromatic rings. The van der Waals surface area contributed by atoms with Crippen LogP contribution in [-0.2, 0) is 15.9 Å². The molecule has 46 heavy (non-hydrogen) atoms. The standard InChI is InChI=1S/C34H47N5O7/c1-33(2,3)45-31(42)37-17-13-22(14-18-37)21-38(29(41)24-10-11-27-23(20-24)15-19-44-27)28-12-16-35-30(36-28)39(25-8-7-9-26(25)40)32(43)46-34(4,5)6/h10-12,16,20,22,25-26,40H,7-9,13-15,17-19,21H2,1-6H3/t25?,26-/m0/s1. The number of aliphatic hydroxyl groups is 1. The highest BCUT2D eigenvalue weighted by molar-refractivity contribution is 6.06. The largest absolute Gasteiger partial charge is 0.493 e. The average Bonchev–Trinajstić information content (AvgIpc) is 3.63. The number of fused-ring (bicyclic) bond motifs is 1. The SMILES string of the molecule is CC(C)(C)OC(=O)N1CCC(CN(C(=O)c2ccc3c(c2)CCO3)c2ccnc(N(C(=O)OC(C)(C)C)C3CCC[C@@H]3O)n2)CC1. The van der Waals surface area contributed by atoms with Crippen molar-refractivity contribution in [2.24, 2.45) is 5.92 Å². The Kier molecular flexibility index (Phi) is 9.76. The van der Waals surface area contributed by atoms with Crippen molar-refractivity contribution in [2.45, 2.75) is 103 Å². The quantitative estimate of drug-likeness (QED) is 0.444. The summed E-state index contributed by atoms with van der Waals surface area (Å²) in [6.07, 6.45) is 3.75. The number of likely N-dealkylation sites (tertiary alicyclic amines) is 1. The molecule has 3 aliphatic rings. The summed E-state index contributed by atoms with van der Waals surface area (Å²) in [5, 5.41) is 10.8. The predicted octanol–water partition coefficient (Wildman–Crippen LogP) is 5.36. The van der Waals surface area contributed by atoms with Crippen LogP contribution in [0.5, 0.6) is 5.75 Å². The van der Waals surface area contributed by atoms with E-state index in [0.717, 1.165) is 24.2 Å². The number of ether oxygens (including phenoxy) is 3. The van der Waals surface area contributed by atoms with Crippen LogP contribution in [0.1, 0.15) is 89.6 Å². The van der Waals surface area contributed by atoms with Gasteiger partial charge in [-0.3, -0.25) is 9.69 Å². The Hall–Kier alpha value is -3.93. The molecule has 0 radical (unpaired) electrons. The summed E-state index contributed by atoms with van der Waals surface area (Å²) in [7, 11) is 0. The van der Waals surface area contributed by atoms with Gasteiger partial charge >= 0.3 is 12.2 Å². The molecule has 12 heteroatoms. The lowest BCUT2D eigenvalue weighted by Gasteiger charge is -2.36. The van der Waals surface area contributed by atoms with Gasteiger partial charge in [-0.2, -0.15) is 4.98 Å². The van der Waals surface area contributed by atoms with E-state index in [2.05, 4.69) is 4.98 Å².